The van der Waals surface area contributed by atoms with E-state index in [0.29, 0.717) is 24.3 Å². The average molecular weight is 589 g/mol. The minimum Gasteiger partial charge on any atom is -0.374 e. The van der Waals surface area contributed by atoms with E-state index in [0.717, 1.165) is 54.3 Å². The molecule has 1 saturated heterocycles. The van der Waals surface area contributed by atoms with Crippen molar-refractivity contribution >= 4 is 41.8 Å². The van der Waals surface area contributed by atoms with Crippen molar-refractivity contribution in [3.05, 3.63) is 65.5 Å². The fraction of sp³-hybridized carbons (Fsp3) is 0.562. The van der Waals surface area contributed by atoms with E-state index in [1.54, 1.807) is 6.92 Å². The highest BCUT2D eigenvalue weighted by Crippen LogP contribution is 2.26. The molecule has 1 aromatic rings. The number of ketones is 1. The fourth-order valence-corrected chi connectivity index (χ4v) is 4.96. The van der Waals surface area contributed by atoms with Gasteiger partial charge in [0.2, 0.25) is 0 Å². The summed E-state index contributed by atoms with van der Waals surface area (Å²) >= 11 is 6.10. The van der Waals surface area contributed by atoms with Gasteiger partial charge in [-0.05, 0) is 81.9 Å². The van der Waals surface area contributed by atoms with Crippen LogP contribution in [0.15, 0.2) is 54.4 Å². The normalized spacial score (nSPS) is 16.9. The van der Waals surface area contributed by atoms with Crippen LogP contribution in [0.5, 0.6) is 0 Å². The fourth-order valence-electron chi connectivity index (χ4n) is 4.18. The number of thioether (sulfide) groups is 1. The molecule has 1 fully saturated rings. The zero-order valence-corrected chi connectivity index (χ0v) is 27.1. The first-order valence-electron chi connectivity index (χ1n) is 14.3. The maximum atomic E-state index is 12.4. The average Bonchev–Trinajstić information content (AvgIpc) is 3.37. The van der Waals surface area contributed by atoms with Crippen molar-refractivity contribution in [2.75, 3.05) is 42.7 Å². The summed E-state index contributed by atoms with van der Waals surface area (Å²) < 4.78 is 0. The van der Waals surface area contributed by atoms with Gasteiger partial charge >= 0.3 is 0 Å². The zero-order valence-electron chi connectivity index (χ0n) is 25.4. The Kier molecular flexibility index (Phi) is 17.8. The second kappa shape index (κ2) is 19.8. The number of nitrogens with zero attached hydrogens (tertiary/aromatic N) is 1. The molecule has 1 amide bonds. The Morgan fingerprint density at radius 3 is 2.60 bits per heavy atom. The molecule has 2 aliphatic rings. The smallest absolute Gasteiger partial charge is 0.251 e. The number of thiol groups is 1. The summed E-state index contributed by atoms with van der Waals surface area (Å²) in [6.45, 7) is 18.7. The number of fused-ring (bicyclic) bond motifs is 1. The van der Waals surface area contributed by atoms with Gasteiger partial charge in [-0.15, -0.1) is 0 Å². The Morgan fingerprint density at radius 1 is 1.35 bits per heavy atom. The van der Waals surface area contributed by atoms with E-state index in [2.05, 4.69) is 54.5 Å². The van der Waals surface area contributed by atoms with Crippen LogP contribution in [0.3, 0.4) is 0 Å². The lowest BCUT2D eigenvalue weighted by atomic mass is 9.99. The molecule has 224 valence electrons. The third-order valence-electron chi connectivity index (χ3n) is 6.83. The third-order valence-corrected chi connectivity index (χ3v) is 7.64. The van der Waals surface area contributed by atoms with Gasteiger partial charge < -0.3 is 26.1 Å². The van der Waals surface area contributed by atoms with Crippen molar-refractivity contribution in [1.82, 2.24) is 10.2 Å². The lowest BCUT2D eigenvalue weighted by Gasteiger charge is -2.20. The van der Waals surface area contributed by atoms with Crippen LogP contribution in [-0.2, 0) is 11.2 Å². The number of carbonyl (C=O) groups is 2. The number of nitrogens with one attached hydrogen (secondary N) is 2. The molecule has 2 aliphatic heterocycles. The molecule has 0 aromatic heterocycles. The molecule has 40 heavy (non-hydrogen) atoms. The number of Topliss-reactive ketones (excluding diaryl/α,β-unsaturated/α-hetero) is 1. The van der Waals surface area contributed by atoms with Crippen molar-refractivity contribution in [2.24, 2.45) is 11.7 Å². The first-order valence-corrected chi connectivity index (χ1v) is 16.3. The molecule has 1 unspecified atom stereocenters. The Morgan fingerprint density at radius 2 is 2.05 bits per heavy atom. The third kappa shape index (κ3) is 14.5. The molecule has 2 heterocycles. The van der Waals surface area contributed by atoms with Gasteiger partial charge in [-0.1, -0.05) is 38.7 Å². The molecule has 3 rings (SSSR count). The molecule has 4 N–H and O–H groups in total. The number of carbonyl (C=O) groups excluding carboxylic acids is 2. The van der Waals surface area contributed by atoms with E-state index in [1.165, 1.54) is 30.8 Å². The molecule has 1 aromatic carbocycles. The Balaban J connectivity index is 0.000000411. The van der Waals surface area contributed by atoms with E-state index in [-0.39, 0.29) is 17.7 Å². The number of likely N-dealkylation sites (tertiary alicyclic amines) is 1. The van der Waals surface area contributed by atoms with E-state index in [4.69, 9.17) is 5.73 Å². The van der Waals surface area contributed by atoms with Crippen molar-refractivity contribution < 1.29 is 9.59 Å². The molecule has 0 spiro atoms. The number of aryl methyl sites for hydroxylation is 1. The first kappa shape index (κ1) is 35.9. The SMILES string of the molecule is C=C(CSC)N1CCC(C)C1.C=C1CCc2cc(C(=O)NC/C(=C/CS)CC[C@@H](C)N)ccc2N1.CCC(C)=O. The van der Waals surface area contributed by atoms with Crippen LogP contribution in [0.1, 0.15) is 75.7 Å². The van der Waals surface area contributed by atoms with Gasteiger partial charge in [-0.3, -0.25) is 4.79 Å². The lowest BCUT2D eigenvalue weighted by Crippen LogP contribution is -2.26. The molecule has 0 radical (unpaired) electrons. The van der Waals surface area contributed by atoms with Gasteiger partial charge in [-0.2, -0.15) is 24.4 Å². The van der Waals surface area contributed by atoms with Crippen LogP contribution in [0, 0.1) is 5.92 Å². The standard InChI is InChI=1S/C19H27N3OS.C9H17NS.C4H8O/c1-13(20)3-5-15(9-10-24)12-21-19(23)17-7-8-18-16(11-17)6-4-14(2)22-18;1-8-4-5-10(6-8)9(2)7-11-3;1-3-4(2)5/h7-9,11,13,22,24H,2-6,10,12,20H2,1H3,(H,21,23);8H,2,4-7H2,1,3H3;3H2,1-2H3/b15-9+;;/t13-;;/m1../s1. The van der Waals surface area contributed by atoms with Crippen LogP contribution in [-0.4, -0.2) is 60.0 Å². The minimum absolute atomic E-state index is 0.0481. The highest BCUT2D eigenvalue weighted by molar-refractivity contribution is 7.98. The maximum Gasteiger partial charge on any atom is 0.251 e. The number of hydrogen-bond donors (Lipinski definition) is 4. The highest BCUT2D eigenvalue weighted by atomic mass is 32.2. The van der Waals surface area contributed by atoms with E-state index >= 15 is 0 Å². The van der Waals surface area contributed by atoms with Crippen LogP contribution < -0.4 is 16.4 Å². The molecule has 0 saturated carbocycles. The van der Waals surface area contributed by atoms with Gasteiger partial charge in [-0.25, -0.2) is 0 Å². The van der Waals surface area contributed by atoms with Gasteiger partial charge in [0.1, 0.15) is 5.78 Å². The Hall–Kier alpha value is -2.16. The second-order valence-corrected chi connectivity index (χ2v) is 12.0. The number of rotatable bonds is 11. The van der Waals surface area contributed by atoms with Gasteiger partial charge in [0.25, 0.3) is 5.91 Å². The summed E-state index contributed by atoms with van der Waals surface area (Å²) in [5.41, 5.74) is 12.2. The van der Waals surface area contributed by atoms with E-state index in [9.17, 15) is 9.59 Å². The van der Waals surface area contributed by atoms with E-state index < -0.39 is 0 Å². The van der Waals surface area contributed by atoms with E-state index in [1.807, 2.05) is 49.9 Å². The van der Waals surface area contributed by atoms with Crippen molar-refractivity contribution in [1.29, 1.82) is 0 Å². The number of benzene rings is 1. The minimum atomic E-state index is -0.0481. The van der Waals surface area contributed by atoms with Gasteiger partial charge in [0, 0.05) is 66.2 Å². The van der Waals surface area contributed by atoms with Crippen molar-refractivity contribution in [2.45, 2.75) is 72.3 Å². The summed E-state index contributed by atoms with van der Waals surface area (Å²) in [4.78, 5) is 24.7. The van der Waals surface area contributed by atoms with Crippen LogP contribution in [0.2, 0.25) is 0 Å². The number of anilines is 1. The molecule has 8 heteroatoms. The Labute approximate surface area is 253 Å². The molecule has 2 atom stereocenters. The maximum absolute atomic E-state index is 12.4. The lowest BCUT2D eigenvalue weighted by molar-refractivity contribution is -0.116. The topological polar surface area (TPSA) is 87.5 Å². The summed E-state index contributed by atoms with van der Waals surface area (Å²) in [5, 5.41) is 6.27. The van der Waals surface area contributed by atoms with Gasteiger partial charge in [0.15, 0.2) is 0 Å². The summed E-state index contributed by atoms with van der Waals surface area (Å²) in [7, 11) is 0. The number of amides is 1. The largest absolute Gasteiger partial charge is 0.374 e. The first-order chi connectivity index (χ1) is 19.0. The van der Waals surface area contributed by atoms with Crippen molar-refractivity contribution in [3.8, 4) is 0 Å². The quantitative estimate of drug-likeness (QED) is 0.175. The second-order valence-electron chi connectivity index (χ2n) is 10.7. The molecule has 0 aliphatic carbocycles. The van der Waals surface area contributed by atoms with Crippen molar-refractivity contribution in [3.63, 3.8) is 0 Å². The summed E-state index contributed by atoms with van der Waals surface area (Å²) in [5.74, 6) is 2.83. The van der Waals surface area contributed by atoms with Crippen LogP contribution in [0.25, 0.3) is 0 Å². The predicted octanol–water partition coefficient (Wildman–Crippen LogP) is 6.46. The number of nitrogens with two attached hydrogens (primary N) is 1. The number of allylic oxidation sites excluding steroid dienone is 1. The van der Waals surface area contributed by atoms with Crippen LogP contribution >= 0.6 is 24.4 Å². The number of hydrogen-bond acceptors (Lipinski definition) is 7. The molecule has 6 nitrogen and oxygen atoms in total. The van der Waals surface area contributed by atoms with Gasteiger partial charge in [0.05, 0.1) is 0 Å². The molecular weight excluding hydrogens is 537 g/mol. The summed E-state index contributed by atoms with van der Waals surface area (Å²) in [6, 6.07) is 5.93. The van der Waals surface area contributed by atoms with Crippen LogP contribution in [0.4, 0.5) is 5.69 Å². The molecule has 0 bridgehead atoms. The molecular formula is C32H52N4O2S2. The summed E-state index contributed by atoms with van der Waals surface area (Å²) in [6.07, 6.45) is 9.80. The Bertz CT molecular complexity index is 1010. The predicted molar refractivity (Wildman–Crippen MR) is 179 cm³/mol. The zero-order chi connectivity index (χ0) is 30.1. The monoisotopic (exact) mass is 588 g/mol. The highest BCUT2D eigenvalue weighted by Gasteiger charge is 2.19.